The Labute approximate surface area is 116 Å². The van der Waals surface area contributed by atoms with E-state index in [-0.39, 0.29) is 11.9 Å². The van der Waals surface area contributed by atoms with Crippen LogP contribution in [0.4, 0.5) is 5.69 Å². The fourth-order valence-corrected chi connectivity index (χ4v) is 2.62. The lowest BCUT2D eigenvalue weighted by Crippen LogP contribution is -2.26. The maximum Gasteiger partial charge on any atom is 0.270 e. The fourth-order valence-electron chi connectivity index (χ4n) is 1.74. The van der Waals surface area contributed by atoms with Crippen LogP contribution in [0.15, 0.2) is 30.5 Å². The van der Waals surface area contributed by atoms with Crippen LogP contribution in [0, 0.1) is 6.92 Å². The Balaban J connectivity index is 2.08. The standard InChI is InChI=1S/C14H17N3OS/c1-9-4-5-13(19-9)10(2)17-14(18)12-8-11(15-3)6-7-16-12/h4-8,10H,1-3H3,(H,15,16)(H,17,18). The number of hydrogen-bond acceptors (Lipinski definition) is 4. The van der Waals surface area contributed by atoms with Crippen molar-refractivity contribution in [2.75, 3.05) is 12.4 Å². The Morgan fingerprint density at radius 3 is 2.79 bits per heavy atom. The number of nitrogens with one attached hydrogen (secondary N) is 2. The summed E-state index contributed by atoms with van der Waals surface area (Å²) in [6.45, 7) is 4.03. The zero-order valence-corrected chi connectivity index (χ0v) is 12.0. The number of hydrogen-bond donors (Lipinski definition) is 2. The van der Waals surface area contributed by atoms with Gasteiger partial charge < -0.3 is 10.6 Å². The summed E-state index contributed by atoms with van der Waals surface area (Å²) in [6.07, 6.45) is 1.63. The lowest BCUT2D eigenvalue weighted by Gasteiger charge is -2.12. The molecule has 0 aromatic carbocycles. The van der Waals surface area contributed by atoms with Crippen LogP contribution in [0.5, 0.6) is 0 Å². The number of carbonyl (C=O) groups excluding carboxylic acids is 1. The second-order valence-corrected chi connectivity index (χ2v) is 5.64. The number of aromatic nitrogens is 1. The van der Waals surface area contributed by atoms with E-state index in [1.807, 2.05) is 26.1 Å². The van der Waals surface area contributed by atoms with Gasteiger partial charge in [-0.05, 0) is 38.1 Å². The number of aryl methyl sites for hydroxylation is 1. The largest absolute Gasteiger partial charge is 0.388 e. The SMILES string of the molecule is CNc1ccnc(C(=O)NC(C)c2ccc(C)s2)c1. The molecule has 1 atom stereocenters. The Hall–Kier alpha value is -1.88. The lowest BCUT2D eigenvalue weighted by atomic mass is 10.2. The van der Waals surface area contributed by atoms with Crippen LogP contribution in [0.1, 0.15) is 33.2 Å². The van der Waals surface area contributed by atoms with Gasteiger partial charge in [-0.25, -0.2) is 0 Å². The third-order valence-electron chi connectivity index (χ3n) is 2.82. The topological polar surface area (TPSA) is 54.0 Å². The minimum Gasteiger partial charge on any atom is -0.388 e. The van der Waals surface area contributed by atoms with Gasteiger partial charge in [-0.15, -0.1) is 11.3 Å². The Bertz CT molecular complexity index is 580. The van der Waals surface area contributed by atoms with E-state index in [0.29, 0.717) is 5.69 Å². The van der Waals surface area contributed by atoms with Crippen molar-refractivity contribution in [3.63, 3.8) is 0 Å². The zero-order chi connectivity index (χ0) is 13.8. The average molecular weight is 275 g/mol. The molecule has 2 rings (SSSR count). The maximum atomic E-state index is 12.1. The van der Waals surface area contributed by atoms with Gasteiger partial charge in [-0.3, -0.25) is 9.78 Å². The minimum absolute atomic E-state index is 0.00811. The Morgan fingerprint density at radius 2 is 2.16 bits per heavy atom. The summed E-state index contributed by atoms with van der Waals surface area (Å²) >= 11 is 1.69. The van der Waals surface area contributed by atoms with Crippen LogP contribution >= 0.6 is 11.3 Å². The predicted molar refractivity (Wildman–Crippen MR) is 78.7 cm³/mol. The van der Waals surface area contributed by atoms with Crippen molar-refractivity contribution in [1.82, 2.24) is 10.3 Å². The molecular weight excluding hydrogens is 258 g/mol. The highest BCUT2D eigenvalue weighted by Gasteiger charge is 2.14. The molecule has 2 heterocycles. The monoisotopic (exact) mass is 275 g/mol. The average Bonchev–Trinajstić information content (AvgIpc) is 2.85. The molecule has 0 radical (unpaired) electrons. The molecule has 0 saturated heterocycles. The van der Waals surface area contributed by atoms with Gasteiger partial charge in [0.2, 0.25) is 0 Å². The molecule has 4 nitrogen and oxygen atoms in total. The number of carbonyl (C=O) groups is 1. The van der Waals surface area contributed by atoms with Crippen molar-refractivity contribution >= 4 is 22.9 Å². The normalized spacial score (nSPS) is 11.9. The highest BCUT2D eigenvalue weighted by atomic mass is 32.1. The molecule has 0 aliphatic heterocycles. The van der Waals surface area contributed by atoms with E-state index in [4.69, 9.17) is 0 Å². The summed E-state index contributed by atoms with van der Waals surface area (Å²) in [4.78, 5) is 18.6. The molecule has 0 spiro atoms. The summed E-state index contributed by atoms with van der Waals surface area (Å²) in [7, 11) is 1.81. The quantitative estimate of drug-likeness (QED) is 0.902. The number of amides is 1. The van der Waals surface area contributed by atoms with Crippen LogP contribution in [0.2, 0.25) is 0 Å². The summed E-state index contributed by atoms with van der Waals surface area (Å²) in [5.74, 6) is -0.157. The molecule has 0 bridgehead atoms. The van der Waals surface area contributed by atoms with Crippen LogP contribution in [-0.4, -0.2) is 17.9 Å². The highest BCUT2D eigenvalue weighted by Crippen LogP contribution is 2.22. The second-order valence-electron chi connectivity index (χ2n) is 4.32. The third kappa shape index (κ3) is 3.32. The molecule has 2 N–H and O–H groups in total. The summed E-state index contributed by atoms with van der Waals surface area (Å²) < 4.78 is 0. The Morgan fingerprint density at radius 1 is 1.37 bits per heavy atom. The molecule has 5 heteroatoms. The number of nitrogens with zero attached hydrogens (tertiary/aromatic N) is 1. The van der Waals surface area contributed by atoms with Crippen molar-refractivity contribution in [2.24, 2.45) is 0 Å². The van der Waals surface area contributed by atoms with Crippen molar-refractivity contribution in [1.29, 1.82) is 0 Å². The van der Waals surface area contributed by atoms with Crippen molar-refractivity contribution in [3.05, 3.63) is 45.9 Å². The van der Waals surface area contributed by atoms with Gasteiger partial charge in [-0.1, -0.05) is 0 Å². The zero-order valence-electron chi connectivity index (χ0n) is 11.2. The summed E-state index contributed by atoms with van der Waals surface area (Å²) in [6, 6.07) is 7.65. The molecule has 0 aliphatic rings. The first-order chi connectivity index (χ1) is 9.10. The first-order valence-corrected chi connectivity index (χ1v) is 6.93. The van der Waals surface area contributed by atoms with E-state index in [1.54, 1.807) is 23.6 Å². The van der Waals surface area contributed by atoms with E-state index in [1.165, 1.54) is 4.88 Å². The molecule has 1 unspecified atom stereocenters. The van der Waals surface area contributed by atoms with Gasteiger partial charge in [0.05, 0.1) is 6.04 Å². The predicted octanol–water partition coefficient (Wildman–Crippen LogP) is 2.98. The van der Waals surface area contributed by atoms with Gasteiger partial charge in [0.1, 0.15) is 5.69 Å². The summed E-state index contributed by atoms with van der Waals surface area (Å²) in [5, 5.41) is 5.95. The summed E-state index contributed by atoms with van der Waals surface area (Å²) in [5.41, 5.74) is 1.30. The maximum absolute atomic E-state index is 12.1. The number of anilines is 1. The van der Waals surface area contributed by atoms with Crippen LogP contribution in [-0.2, 0) is 0 Å². The molecule has 2 aromatic rings. The van der Waals surface area contributed by atoms with Crippen LogP contribution in [0.3, 0.4) is 0 Å². The molecule has 2 aromatic heterocycles. The first-order valence-electron chi connectivity index (χ1n) is 6.11. The number of pyridine rings is 1. The molecule has 19 heavy (non-hydrogen) atoms. The molecule has 0 aliphatic carbocycles. The van der Waals surface area contributed by atoms with Crippen LogP contribution < -0.4 is 10.6 Å². The first kappa shape index (κ1) is 13.5. The van der Waals surface area contributed by atoms with Crippen molar-refractivity contribution in [3.8, 4) is 0 Å². The van der Waals surface area contributed by atoms with E-state index in [2.05, 4.69) is 28.6 Å². The molecule has 1 amide bonds. The van der Waals surface area contributed by atoms with Gasteiger partial charge in [-0.2, -0.15) is 0 Å². The fraction of sp³-hybridized carbons (Fsp3) is 0.286. The van der Waals surface area contributed by atoms with Crippen molar-refractivity contribution < 1.29 is 4.79 Å². The van der Waals surface area contributed by atoms with Crippen molar-refractivity contribution in [2.45, 2.75) is 19.9 Å². The molecule has 0 fully saturated rings. The molecule has 0 saturated carbocycles. The van der Waals surface area contributed by atoms with E-state index in [0.717, 1.165) is 10.6 Å². The van der Waals surface area contributed by atoms with E-state index in [9.17, 15) is 4.79 Å². The van der Waals surface area contributed by atoms with Gasteiger partial charge in [0.25, 0.3) is 5.91 Å². The molecule has 100 valence electrons. The van der Waals surface area contributed by atoms with Crippen LogP contribution in [0.25, 0.3) is 0 Å². The van der Waals surface area contributed by atoms with Gasteiger partial charge >= 0.3 is 0 Å². The number of thiophene rings is 1. The van der Waals surface area contributed by atoms with Gasteiger partial charge in [0.15, 0.2) is 0 Å². The molecular formula is C14H17N3OS. The minimum atomic E-state index is -0.157. The lowest BCUT2D eigenvalue weighted by molar-refractivity contribution is 0.0935. The Kier molecular flexibility index (Phi) is 4.16. The third-order valence-corrected chi connectivity index (χ3v) is 4.00. The number of rotatable bonds is 4. The smallest absolute Gasteiger partial charge is 0.270 e. The van der Waals surface area contributed by atoms with Gasteiger partial charge in [0, 0.05) is 28.7 Å². The second kappa shape index (κ2) is 5.84. The highest BCUT2D eigenvalue weighted by molar-refractivity contribution is 7.12. The van der Waals surface area contributed by atoms with E-state index >= 15 is 0 Å². The van der Waals surface area contributed by atoms with E-state index < -0.39 is 0 Å².